The minimum Gasteiger partial charge on any atom is -0.310 e. The van der Waals surface area contributed by atoms with Crippen molar-refractivity contribution in [2.45, 2.75) is 46.1 Å². The fraction of sp³-hybridized carbons (Fsp3) is 0.286. The van der Waals surface area contributed by atoms with Gasteiger partial charge in [0.2, 0.25) is 5.91 Å². The van der Waals surface area contributed by atoms with Crippen LogP contribution in [0.15, 0.2) is 67.0 Å². The third kappa shape index (κ3) is 5.28. The normalized spacial score (nSPS) is 13.3. The lowest BCUT2D eigenvalue weighted by Crippen LogP contribution is -2.50. The fourth-order valence-electron chi connectivity index (χ4n) is 4.60. The second-order valence-electron chi connectivity index (χ2n) is 8.75. The number of rotatable bonds is 8. The van der Waals surface area contributed by atoms with Crippen LogP contribution in [0.2, 0.25) is 0 Å². The number of fused-ring (bicyclic) bond motifs is 1. The lowest BCUT2D eigenvalue weighted by atomic mass is 10.0. The maximum Gasteiger partial charge on any atom is 0.262 e. The summed E-state index contributed by atoms with van der Waals surface area (Å²) in [7, 11) is 0. The molecule has 0 spiro atoms. The standard InChI is InChI=1S/C28H29N3O3.ClH/c1-19-10-8-11-20(2)25(19)30(17-7-6-12-22-13-9-16-29-18-22)26(32)21(3)31-27(33)23-14-4-5-15-24(23)28(31)34;/h4-5,8-11,13-16,18,21H,6-7,12,17H2,1-3H3;1H. The monoisotopic (exact) mass is 491 g/mol. The third-order valence-electron chi connectivity index (χ3n) is 6.37. The van der Waals surface area contributed by atoms with Crippen LogP contribution in [0.1, 0.15) is 57.2 Å². The number of carbonyl (C=O) groups is 3. The quantitative estimate of drug-likeness (QED) is 0.322. The van der Waals surface area contributed by atoms with E-state index in [4.69, 9.17) is 0 Å². The number of halogens is 1. The highest BCUT2D eigenvalue weighted by Crippen LogP contribution is 2.29. The number of amides is 3. The Morgan fingerprint density at radius 3 is 2.11 bits per heavy atom. The van der Waals surface area contributed by atoms with Crippen molar-refractivity contribution < 1.29 is 14.4 Å². The van der Waals surface area contributed by atoms with Crippen LogP contribution in [0.4, 0.5) is 5.69 Å². The summed E-state index contributed by atoms with van der Waals surface area (Å²) < 4.78 is 0. The van der Waals surface area contributed by atoms with Gasteiger partial charge in [0.05, 0.1) is 11.1 Å². The highest BCUT2D eigenvalue weighted by molar-refractivity contribution is 6.23. The minimum atomic E-state index is -0.912. The number of nitrogens with zero attached hydrogens (tertiary/aromatic N) is 3. The molecule has 0 saturated carbocycles. The first-order valence-corrected chi connectivity index (χ1v) is 11.6. The van der Waals surface area contributed by atoms with Crippen LogP contribution in [-0.2, 0) is 11.2 Å². The van der Waals surface area contributed by atoms with E-state index < -0.39 is 17.9 Å². The van der Waals surface area contributed by atoms with Crippen molar-refractivity contribution in [1.29, 1.82) is 0 Å². The van der Waals surface area contributed by atoms with Gasteiger partial charge in [-0.15, -0.1) is 12.4 Å². The Labute approximate surface area is 212 Å². The number of unbranched alkanes of at least 4 members (excludes halogenated alkanes) is 1. The predicted molar refractivity (Wildman–Crippen MR) is 139 cm³/mol. The fourth-order valence-corrected chi connectivity index (χ4v) is 4.60. The smallest absolute Gasteiger partial charge is 0.262 e. The van der Waals surface area contributed by atoms with Crippen LogP contribution in [0.5, 0.6) is 0 Å². The topological polar surface area (TPSA) is 70.6 Å². The van der Waals surface area contributed by atoms with Gasteiger partial charge in [0, 0.05) is 24.6 Å². The molecule has 1 aliphatic heterocycles. The van der Waals surface area contributed by atoms with Crippen LogP contribution in [0.25, 0.3) is 0 Å². The van der Waals surface area contributed by atoms with Crippen molar-refractivity contribution in [2.75, 3.05) is 11.4 Å². The number of aryl methyl sites for hydroxylation is 3. The van der Waals surface area contributed by atoms with Crippen molar-refractivity contribution in [1.82, 2.24) is 9.88 Å². The average Bonchev–Trinajstić information content (AvgIpc) is 3.10. The van der Waals surface area contributed by atoms with Gasteiger partial charge in [-0.2, -0.15) is 0 Å². The molecule has 1 atom stereocenters. The molecule has 0 aliphatic carbocycles. The summed E-state index contributed by atoms with van der Waals surface area (Å²) in [6.07, 6.45) is 6.16. The zero-order valence-corrected chi connectivity index (χ0v) is 21.0. The molecule has 3 aromatic rings. The van der Waals surface area contributed by atoms with Gasteiger partial charge in [-0.05, 0) is 74.9 Å². The molecule has 3 amide bonds. The molecular weight excluding hydrogens is 462 g/mol. The number of pyridine rings is 1. The zero-order valence-electron chi connectivity index (χ0n) is 20.2. The molecule has 0 N–H and O–H groups in total. The van der Waals surface area contributed by atoms with E-state index >= 15 is 0 Å². The Hall–Kier alpha value is -3.51. The van der Waals surface area contributed by atoms with Gasteiger partial charge < -0.3 is 4.90 Å². The van der Waals surface area contributed by atoms with Crippen LogP contribution in [-0.4, -0.2) is 40.2 Å². The number of anilines is 1. The van der Waals surface area contributed by atoms with E-state index in [0.29, 0.717) is 17.7 Å². The van der Waals surface area contributed by atoms with Gasteiger partial charge in [-0.25, -0.2) is 0 Å². The summed E-state index contributed by atoms with van der Waals surface area (Å²) in [6.45, 7) is 6.09. The highest BCUT2D eigenvalue weighted by Gasteiger charge is 2.42. The Bertz CT molecular complexity index is 1170. The molecule has 7 heteroatoms. The van der Waals surface area contributed by atoms with Crippen LogP contribution >= 0.6 is 12.4 Å². The molecule has 0 saturated heterocycles. The number of hydrogen-bond donors (Lipinski definition) is 0. The average molecular weight is 492 g/mol. The van der Waals surface area contributed by atoms with Crippen molar-refractivity contribution in [3.05, 3.63) is 94.8 Å². The number of imide groups is 1. The summed E-state index contributed by atoms with van der Waals surface area (Å²) in [5.74, 6) is -1.09. The first kappa shape index (κ1) is 26.1. The lowest BCUT2D eigenvalue weighted by molar-refractivity contribution is -0.122. The molecule has 2 aromatic carbocycles. The predicted octanol–water partition coefficient (Wildman–Crippen LogP) is 5.16. The summed E-state index contributed by atoms with van der Waals surface area (Å²) in [5.41, 5.74) is 4.67. The first-order valence-electron chi connectivity index (χ1n) is 11.6. The first-order chi connectivity index (χ1) is 16.4. The number of aromatic nitrogens is 1. The second kappa shape index (κ2) is 11.3. The Kier molecular flexibility index (Phi) is 8.41. The van der Waals surface area contributed by atoms with Crippen molar-refractivity contribution in [2.24, 2.45) is 0 Å². The molecule has 0 bridgehead atoms. The summed E-state index contributed by atoms with van der Waals surface area (Å²) in [6, 6.07) is 15.7. The van der Waals surface area contributed by atoms with E-state index in [1.165, 1.54) is 0 Å². The Morgan fingerprint density at radius 2 is 1.54 bits per heavy atom. The molecule has 0 radical (unpaired) electrons. The summed E-state index contributed by atoms with van der Waals surface area (Å²) in [4.78, 5) is 46.8. The maximum atomic E-state index is 13.8. The molecule has 2 heterocycles. The Morgan fingerprint density at radius 1 is 0.914 bits per heavy atom. The molecule has 35 heavy (non-hydrogen) atoms. The number of hydrogen-bond acceptors (Lipinski definition) is 4. The van der Waals surface area contributed by atoms with E-state index in [9.17, 15) is 14.4 Å². The van der Waals surface area contributed by atoms with E-state index in [1.807, 2.05) is 50.4 Å². The zero-order chi connectivity index (χ0) is 24.2. The SMILES string of the molecule is Cc1cccc(C)c1N(CCCCc1cccnc1)C(=O)C(C)N1C(=O)c2ccccc2C1=O.Cl. The molecule has 1 aromatic heterocycles. The van der Waals surface area contributed by atoms with Gasteiger partial charge in [0.15, 0.2) is 0 Å². The van der Waals surface area contributed by atoms with Crippen LogP contribution < -0.4 is 4.90 Å². The molecule has 6 nitrogen and oxygen atoms in total. The van der Waals surface area contributed by atoms with Crippen molar-refractivity contribution in [3.63, 3.8) is 0 Å². The minimum absolute atomic E-state index is 0. The molecule has 4 rings (SSSR count). The van der Waals surface area contributed by atoms with E-state index in [0.717, 1.165) is 46.5 Å². The number of para-hydroxylation sites is 1. The summed E-state index contributed by atoms with van der Waals surface area (Å²) >= 11 is 0. The lowest BCUT2D eigenvalue weighted by Gasteiger charge is -2.31. The third-order valence-corrected chi connectivity index (χ3v) is 6.37. The number of carbonyl (C=O) groups excluding carboxylic acids is 3. The van der Waals surface area contributed by atoms with Gasteiger partial charge in [-0.3, -0.25) is 24.3 Å². The van der Waals surface area contributed by atoms with E-state index in [2.05, 4.69) is 4.98 Å². The van der Waals surface area contributed by atoms with Gasteiger partial charge >= 0.3 is 0 Å². The van der Waals surface area contributed by atoms with Gasteiger partial charge in [0.1, 0.15) is 6.04 Å². The van der Waals surface area contributed by atoms with Crippen molar-refractivity contribution >= 4 is 35.8 Å². The van der Waals surface area contributed by atoms with Gasteiger partial charge in [0.25, 0.3) is 11.8 Å². The highest BCUT2D eigenvalue weighted by atomic mass is 35.5. The van der Waals surface area contributed by atoms with E-state index in [-0.39, 0.29) is 18.3 Å². The molecule has 1 aliphatic rings. The molecule has 182 valence electrons. The number of benzene rings is 2. The maximum absolute atomic E-state index is 13.8. The largest absolute Gasteiger partial charge is 0.310 e. The molecule has 1 unspecified atom stereocenters. The molecular formula is C28H30ClN3O3. The van der Waals surface area contributed by atoms with Crippen LogP contribution in [0.3, 0.4) is 0 Å². The van der Waals surface area contributed by atoms with E-state index in [1.54, 1.807) is 42.3 Å². The Balaban J connectivity index is 0.00000342. The van der Waals surface area contributed by atoms with Crippen LogP contribution in [0, 0.1) is 13.8 Å². The summed E-state index contributed by atoms with van der Waals surface area (Å²) in [5, 5.41) is 0. The molecule has 0 fully saturated rings. The van der Waals surface area contributed by atoms with Crippen molar-refractivity contribution in [3.8, 4) is 0 Å². The second-order valence-corrected chi connectivity index (χ2v) is 8.75. The van der Waals surface area contributed by atoms with Gasteiger partial charge in [-0.1, -0.05) is 36.4 Å².